The normalized spacial score (nSPS) is 19.3. The number of anilines is 1. The molecule has 1 aliphatic heterocycles. The van der Waals surface area contributed by atoms with Crippen molar-refractivity contribution in [1.82, 2.24) is 15.0 Å². The first-order valence-corrected chi connectivity index (χ1v) is 7.69. The van der Waals surface area contributed by atoms with Crippen molar-refractivity contribution >= 4 is 5.82 Å². The highest BCUT2D eigenvalue weighted by molar-refractivity contribution is 5.40. The Kier molecular flexibility index (Phi) is 4.13. The van der Waals surface area contributed by atoms with Crippen molar-refractivity contribution in [2.75, 3.05) is 18.0 Å². The summed E-state index contributed by atoms with van der Waals surface area (Å²) in [5.74, 6) is 2.58. The topological polar surface area (TPSA) is 41.9 Å². The summed E-state index contributed by atoms with van der Waals surface area (Å²) < 4.78 is 0. The molecule has 0 aromatic carbocycles. The van der Waals surface area contributed by atoms with Crippen LogP contribution in [0.2, 0.25) is 0 Å². The fraction of sp³-hybridized carbons (Fsp3) is 0.471. The van der Waals surface area contributed by atoms with Crippen LogP contribution in [0.25, 0.3) is 0 Å². The maximum absolute atomic E-state index is 4.60. The van der Waals surface area contributed by atoms with E-state index in [9.17, 15) is 0 Å². The fourth-order valence-electron chi connectivity index (χ4n) is 3.15. The minimum absolute atomic E-state index is 0.641. The first-order chi connectivity index (χ1) is 10.2. The number of aromatic nitrogens is 3. The van der Waals surface area contributed by atoms with E-state index in [4.69, 9.17) is 0 Å². The lowest BCUT2D eigenvalue weighted by atomic mass is 9.93. The largest absolute Gasteiger partial charge is 0.356 e. The highest BCUT2D eigenvalue weighted by Gasteiger charge is 2.19. The highest BCUT2D eigenvalue weighted by atomic mass is 15.2. The molecule has 0 radical (unpaired) electrons. The van der Waals surface area contributed by atoms with Crippen LogP contribution in [0, 0.1) is 13.8 Å². The van der Waals surface area contributed by atoms with Crippen LogP contribution in [0.4, 0.5) is 5.82 Å². The van der Waals surface area contributed by atoms with Gasteiger partial charge in [0, 0.05) is 37.2 Å². The monoisotopic (exact) mass is 282 g/mol. The first kappa shape index (κ1) is 14.0. The van der Waals surface area contributed by atoms with Crippen LogP contribution in [0.15, 0.2) is 30.6 Å². The summed E-state index contributed by atoms with van der Waals surface area (Å²) in [4.78, 5) is 15.5. The average Bonchev–Trinajstić information content (AvgIpc) is 2.73. The Bertz CT molecular complexity index is 577. The maximum atomic E-state index is 4.60. The van der Waals surface area contributed by atoms with Crippen LogP contribution < -0.4 is 4.90 Å². The first-order valence-electron chi connectivity index (χ1n) is 7.69. The van der Waals surface area contributed by atoms with Gasteiger partial charge in [-0.2, -0.15) is 0 Å². The van der Waals surface area contributed by atoms with Gasteiger partial charge in [0.15, 0.2) is 0 Å². The predicted octanol–water partition coefficient (Wildman–Crippen LogP) is 3.26. The second kappa shape index (κ2) is 6.20. The maximum Gasteiger partial charge on any atom is 0.132 e. The smallest absolute Gasteiger partial charge is 0.132 e. The highest BCUT2D eigenvalue weighted by Crippen LogP contribution is 2.29. The molecule has 0 N–H and O–H groups in total. The number of nitrogens with zero attached hydrogens (tertiary/aromatic N) is 4. The Morgan fingerprint density at radius 3 is 2.62 bits per heavy atom. The van der Waals surface area contributed by atoms with Crippen molar-refractivity contribution in [2.45, 2.75) is 39.0 Å². The molecule has 0 bridgehead atoms. The Balaban J connectivity index is 1.73. The lowest BCUT2D eigenvalue weighted by Crippen LogP contribution is -2.25. The van der Waals surface area contributed by atoms with Crippen molar-refractivity contribution in [3.05, 3.63) is 47.7 Å². The zero-order chi connectivity index (χ0) is 14.7. The van der Waals surface area contributed by atoms with E-state index in [1.807, 2.05) is 26.2 Å². The molecular formula is C17H22N4. The van der Waals surface area contributed by atoms with Crippen molar-refractivity contribution in [3.63, 3.8) is 0 Å². The lowest BCUT2D eigenvalue weighted by Gasteiger charge is -2.22. The van der Waals surface area contributed by atoms with Gasteiger partial charge in [-0.25, -0.2) is 9.97 Å². The van der Waals surface area contributed by atoms with Crippen LogP contribution >= 0.6 is 0 Å². The molecule has 4 heteroatoms. The Labute approximate surface area is 126 Å². The van der Waals surface area contributed by atoms with Crippen molar-refractivity contribution < 1.29 is 0 Å². The molecule has 4 nitrogen and oxygen atoms in total. The molecule has 0 aliphatic carbocycles. The molecule has 110 valence electrons. The van der Waals surface area contributed by atoms with Gasteiger partial charge < -0.3 is 4.90 Å². The van der Waals surface area contributed by atoms with Gasteiger partial charge in [0.2, 0.25) is 0 Å². The zero-order valence-electron chi connectivity index (χ0n) is 12.8. The molecule has 3 heterocycles. The van der Waals surface area contributed by atoms with Crippen LogP contribution in [-0.2, 0) is 0 Å². The van der Waals surface area contributed by atoms with Gasteiger partial charge >= 0.3 is 0 Å². The Morgan fingerprint density at radius 1 is 1.05 bits per heavy atom. The molecule has 21 heavy (non-hydrogen) atoms. The third-order valence-corrected chi connectivity index (χ3v) is 4.18. The van der Waals surface area contributed by atoms with Gasteiger partial charge in [-0.15, -0.1) is 0 Å². The van der Waals surface area contributed by atoms with Gasteiger partial charge in [0.1, 0.15) is 11.6 Å². The van der Waals surface area contributed by atoms with E-state index in [1.165, 1.54) is 24.8 Å². The number of pyridine rings is 1. The molecule has 1 unspecified atom stereocenters. The summed E-state index contributed by atoms with van der Waals surface area (Å²) in [6, 6.07) is 6.40. The summed E-state index contributed by atoms with van der Waals surface area (Å²) in [5, 5.41) is 0. The van der Waals surface area contributed by atoms with E-state index in [0.29, 0.717) is 5.92 Å². The van der Waals surface area contributed by atoms with E-state index in [1.54, 1.807) is 0 Å². The van der Waals surface area contributed by atoms with E-state index >= 15 is 0 Å². The fourth-order valence-corrected chi connectivity index (χ4v) is 3.15. The molecular weight excluding hydrogens is 260 g/mol. The number of hydrogen-bond donors (Lipinski definition) is 0. The number of rotatable bonds is 2. The Hall–Kier alpha value is -1.97. The van der Waals surface area contributed by atoms with Crippen molar-refractivity contribution in [2.24, 2.45) is 0 Å². The van der Waals surface area contributed by atoms with E-state index in [2.05, 4.69) is 38.1 Å². The third kappa shape index (κ3) is 3.38. The summed E-state index contributed by atoms with van der Waals surface area (Å²) in [7, 11) is 0. The van der Waals surface area contributed by atoms with E-state index in [-0.39, 0.29) is 0 Å². The number of aryl methyl sites for hydroxylation is 2. The minimum Gasteiger partial charge on any atom is -0.356 e. The summed E-state index contributed by atoms with van der Waals surface area (Å²) in [6.07, 6.45) is 7.41. The molecule has 0 spiro atoms. The zero-order valence-corrected chi connectivity index (χ0v) is 12.8. The van der Waals surface area contributed by atoms with Crippen molar-refractivity contribution in [3.8, 4) is 0 Å². The summed E-state index contributed by atoms with van der Waals surface area (Å²) in [6.45, 7) is 6.14. The molecule has 0 amide bonds. The van der Waals surface area contributed by atoms with Gasteiger partial charge in [-0.05, 0) is 56.7 Å². The predicted molar refractivity (Wildman–Crippen MR) is 84.5 cm³/mol. The molecule has 2 aromatic rings. The van der Waals surface area contributed by atoms with E-state index < -0.39 is 0 Å². The third-order valence-electron chi connectivity index (χ3n) is 4.18. The van der Waals surface area contributed by atoms with Crippen molar-refractivity contribution in [1.29, 1.82) is 0 Å². The molecule has 1 fully saturated rings. The van der Waals surface area contributed by atoms with Crippen LogP contribution in [0.3, 0.4) is 0 Å². The van der Waals surface area contributed by atoms with Gasteiger partial charge in [-0.1, -0.05) is 0 Å². The summed E-state index contributed by atoms with van der Waals surface area (Å²) >= 11 is 0. The second-order valence-electron chi connectivity index (χ2n) is 5.81. The minimum atomic E-state index is 0.641. The van der Waals surface area contributed by atoms with E-state index in [0.717, 1.165) is 30.4 Å². The average molecular weight is 282 g/mol. The van der Waals surface area contributed by atoms with Gasteiger partial charge in [0.25, 0.3) is 0 Å². The van der Waals surface area contributed by atoms with Crippen LogP contribution in [-0.4, -0.2) is 28.0 Å². The Morgan fingerprint density at radius 2 is 1.86 bits per heavy atom. The molecule has 3 rings (SSSR count). The molecule has 2 aromatic heterocycles. The standard InChI is InChI=1S/C17H22N4/c1-13-12-17(20-14(2)19-13)21-10-3-4-15(7-11-21)16-5-8-18-9-6-16/h5-6,8-9,12,15H,3-4,7,10-11H2,1-2H3. The van der Waals surface area contributed by atoms with Gasteiger partial charge in [-0.3, -0.25) is 4.98 Å². The van der Waals surface area contributed by atoms with Crippen LogP contribution in [0.1, 0.15) is 42.3 Å². The summed E-state index contributed by atoms with van der Waals surface area (Å²) in [5.41, 5.74) is 2.47. The van der Waals surface area contributed by atoms with Gasteiger partial charge in [0.05, 0.1) is 0 Å². The second-order valence-corrected chi connectivity index (χ2v) is 5.81. The molecule has 1 aliphatic rings. The lowest BCUT2D eigenvalue weighted by molar-refractivity contribution is 0.611. The quantitative estimate of drug-likeness (QED) is 0.848. The van der Waals surface area contributed by atoms with Crippen LogP contribution in [0.5, 0.6) is 0 Å². The molecule has 1 atom stereocenters. The SMILES string of the molecule is Cc1cc(N2CCCC(c3ccncc3)CC2)nc(C)n1. The molecule has 0 saturated carbocycles. The number of hydrogen-bond acceptors (Lipinski definition) is 4. The molecule has 1 saturated heterocycles.